The number of fused-ring (bicyclic) bond motifs is 2. The van der Waals surface area contributed by atoms with Gasteiger partial charge in [-0.1, -0.05) is 24.3 Å². The molecule has 0 aliphatic rings. The molecule has 1 heterocycles. The number of hydrogen-bond donors (Lipinski definition) is 2. The molecule has 6 nitrogen and oxygen atoms in total. The number of imidazole rings is 1. The number of H-pyrrole nitrogens is 1. The van der Waals surface area contributed by atoms with Crippen LogP contribution in [0.4, 0.5) is 5.95 Å². The molecule has 0 spiro atoms. The number of aromatic amines is 1. The lowest BCUT2D eigenvalue weighted by atomic mass is 10.0. The molecular formula is C20H18N4O2. The highest BCUT2D eigenvalue weighted by molar-refractivity contribution is 6.05. The average Bonchev–Trinajstić information content (AvgIpc) is 3.10. The minimum Gasteiger partial charge on any atom is -0.496 e. The van der Waals surface area contributed by atoms with Gasteiger partial charge in [-0.25, -0.2) is 10.4 Å². The second-order valence-electron chi connectivity index (χ2n) is 5.71. The van der Waals surface area contributed by atoms with Crippen molar-refractivity contribution in [2.75, 3.05) is 19.6 Å². The third-order valence-corrected chi connectivity index (χ3v) is 4.20. The maximum Gasteiger partial charge on any atom is 0.222 e. The topological polar surface area (TPSA) is 71.5 Å². The van der Waals surface area contributed by atoms with Crippen LogP contribution in [0.2, 0.25) is 0 Å². The van der Waals surface area contributed by atoms with Crippen molar-refractivity contribution in [2.24, 2.45) is 5.10 Å². The van der Waals surface area contributed by atoms with Gasteiger partial charge in [0.1, 0.15) is 11.5 Å². The normalized spacial score (nSPS) is 11.3. The number of nitrogens with zero attached hydrogens (tertiary/aromatic N) is 2. The van der Waals surface area contributed by atoms with Crippen molar-refractivity contribution in [1.29, 1.82) is 0 Å². The molecule has 130 valence electrons. The Morgan fingerprint density at radius 1 is 0.962 bits per heavy atom. The largest absolute Gasteiger partial charge is 0.496 e. The summed E-state index contributed by atoms with van der Waals surface area (Å²) in [4.78, 5) is 7.62. The van der Waals surface area contributed by atoms with Crippen molar-refractivity contribution < 1.29 is 9.47 Å². The SMILES string of the molecule is COc1ccc(C=NNc2nc3ccccc3[nH]2)c2c(OC)cccc12. The monoisotopic (exact) mass is 346 g/mol. The quantitative estimate of drug-likeness (QED) is 0.420. The van der Waals surface area contributed by atoms with Gasteiger partial charge in [0.15, 0.2) is 0 Å². The van der Waals surface area contributed by atoms with Crippen LogP contribution in [0, 0.1) is 0 Å². The lowest BCUT2D eigenvalue weighted by Crippen LogP contribution is -1.96. The maximum atomic E-state index is 5.52. The van der Waals surface area contributed by atoms with E-state index in [4.69, 9.17) is 9.47 Å². The van der Waals surface area contributed by atoms with Gasteiger partial charge in [0.25, 0.3) is 0 Å². The van der Waals surface area contributed by atoms with Gasteiger partial charge < -0.3 is 14.5 Å². The lowest BCUT2D eigenvalue weighted by molar-refractivity contribution is 0.415. The lowest BCUT2D eigenvalue weighted by Gasteiger charge is -2.11. The zero-order chi connectivity index (χ0) is 17.9. The van der Waals surface area contributed by atoms with Crippen LogP contribution in [-0.2, 0) is 0 Å². The standard InChI is InChI=1S/C20H18N4O2/c1-25-17-11-10-13(19-14(17)6-5-9-18(19)26-2)12-21-24-20-22-15-7-3-4-8-16(15)23-20/h3-12H,1-2H3,(H2,22,23,24). The molecule has 6 heteroatoms. The molecule has 0 amide bonds. The van der Waals surface area contributed by atoms with E-state index in [0.717, 1.165) is 38.9 Å². The smallest absolute Gasteiger partial charge is 0.222 e. The number of nitrogens with one attached hydrogen (secondary N) is 2. The first-order valence-electron chi connectivity index (χ1n) is 8.17. The second kappa shape index (κ2) is 6.76. The molecule has 4 rings (SSSR count). The Hall–Kier alpha value is -3.54. The fraction of sp³-hybridized carbons (Fsp3) is 0.100. The van der Waals surface area contributed by atoms with E-state index in [1.165, 1.54) is 0 Å². The molecule has 2 N–H and O–H groups in total. The number of hydrazone groups is 1. The first-order valence-corrected chi connectivity index (χ1v) is 8.17. The molecule has 0 unspecified atom stereocenters. The van der Waals surface area contributed by atoms with Crippen LogP contribution in [0.15, 0.2) is 59.7 Å². The zero-order valence-electron chi connectivity index (χ0n) is 14.5. The van der Waals surface area contributed by atoms with E-state index in [0.29, 0.717) is 5.95 Å². The molecule has 0 fully saturated rings. The van der Waals surface area contributed by atoms with Crippen LogP contribution in [0.3, 0.4) is 0 Å². The molecule has 0 aliphatic heterocycles. The second-order valence-corrected chi connectivity index (χ2v) is 5.71. The Morgan fingerprint density at radius 2 is 1.81 bits per heavy atom. The van der Waals surface area contributed by atoms with Crippen molar-refractivity contribution in [3.8, 4) is 11.5 Å². The highest BCUT2D eigenvalue weighted by Gasteiger charge is 2.10. The number of benzene rings is 3. The highest BCUT2D eigenvalue weighted by atomic mass is 16.5. The van der Waals surface area contributed by atoms with Crippen molar-refractivity contribution >= 4 is 34.0 Å². The summed E-state index contributed by atoms with van der Waals surface area (Å²) in [7, 11) is 3.31. The minimum absolute atomic E-state index is 0.590. The van der Waals surface area contributed by atoms with Crippen molar-refractivity contribution in [2.45, 2.75) is 0 Å². The number of methoxy groups -OCH3 is 2. The summed E-state index contributed by atoms with van der Waals surface area (Å²) in [5.41, 5.74) is 5.71. The Morgan fingerprint density at radius 3 is 2.62 bits per heavy atom. The number of aromatic nitrogens is 2. The number of hydrogen-bond acceptors (Lipinski definition) is 5. The number of para-hydroxylation sites is 2. The van der Waals surface area contributed by atoms with E-state index in [2.05, 4.69) is 20.5 Å². The van der Waals surface area contributed by atoms with Gasteiger partial charge in [-0.2, -0.15) is 5.10 Å². The zero-order valence-corrected chi connectivity index (χ0v) is 14.5. The predicted octanol–water partition coefficient (Wildman–Crippen LogP) is 4.18. The van der Waals surface area contributed by atoms with Gasteiger partial charge in [0.2, 0.25) is 5.95 Å². The maximum absolute atomic E-state index is 5.52. The number of anilines is 1. The molecule has 0 saturated carbocycles. The van der Waals surface area contributed by atoms with Crippen LogP contribution in [-0.4, -0.2) is 30.4 Å². The summed E-state index contributed by atoms with van der Waals surface area (Å²) >= 11 is 0. The van der Waals surface area contributed by atoms with E-state index < -0.39 is 0 Å². The van der Waals surface area contributed by atoms with Crippen LogP contribution in [0.5, 0.6) is 11.5 Å². The molecule has 0 bridgehead atoms. The van der Waals surface area contributed by atoms with Gasteiger partial charge in [0, 0.05) is 16.3 Å². The van der Waals surface area contributed by atoms with E-state index in [1.54, 1.807) is 20.4 Å². The fourth-order valence-electron chi connectivity index (χ4n) is 3.00. The Bertz CT molecular complexity index is 1070. The molecule has 26 heavy (non-hydrogen) atoms. The summed E-state index contributed by atoms with van der Waals surface area (Å²) in [5, 5.41) is 6.24. The van der Waals surface area contributed by atoms with Crippen LogP contribution >= 0.6 is 0 Å². The molecule has 0 saturated heterocycles. The van der Waals surface area contributed by atoms with Crippen LogP contribution in [0.25, 0.3) is 21.8 Å². The number of rotatable bonds is 5. The molecule has 4 aromatic rings. The molecule has 0 aliphatic carbocycles. The van der Waals surface area contributed by atoms with Gasteiger partial charge >= 0.3 is 0 Å². The summed E-state index contributed by atoms with van der Waals surface area (Å²) in [6.45, 7) is 0. The molecule has 1 aromatic heterocycles. The Kier molecular flexibility index (Phi) is 4.15. The third-order valence-electron chi connectivity index (χ3n) is 4.20. The van der Waals surface area contributed by atoms with Crippen LogP contribution < -0.4 is 14.9 Å². The molecular weight excluding hydrogens is 328 g/mol. The molecule has 3 aromatic carbocycles. The van der Waals surface area contributed by atoms with Crippen molar-refractivity contribution in [3.05, 3.63) is 60.2 Å². The third kappa shape index (κ3) is 2.82. The average molecular weight is 346 g/mol. The first kappa shape index (κ1) is 16.0. The fourth-order valence-corrected chi connectivity index (χ4v) is 3.00. The van der Waals surface area contributed by atoms with E-state index in [9.17, 15) is 0 Å². The summed E-state index contributed by atoms with van der Waals surface area (Å²) in [5.74, 6) is 2.15. The van der Waals surface area contributed by atoms with Crippen molar-refractivity contribution in [1.82, 2.24) is 9.97 Å². The number of ether oxygens (including phenoxy) is 2. The summed E-state index contributed by atoms with van der Waals surface area (Å²) in [6, 6.07) is 17.6. The van der Waals surface area contributed by atoms with Gasteiger partial charge in [-0.05, 0) is 30.3 Å². The Labute approximate surface area is 150 Å². The van der Waals surface area contributed by atoms with Crippen molar-refractivity contribution in [3.63, 3.8) is 0 Å². The van der Waals surface area contributed by atoms with Gasteiger partial charge in [-0.3, -0.25) is 0 Å². The first-order chi connectivity index (χ1) is 12.8. The molecule has 0 atom stereocenters. The Balaban J connectivity index is 1.69. The molecule has 0 radical (unpaired) electrons. The van der Waals surface area contributed by atoms with Gasteiger partial charge in [0.05, 0.1) is 31.5 Å². The predicted molar refractivity (Wildman–Crippen MR) is 104 cm³/mol. The summed E-state index contributed by atoms with van der Waals surface area (Å²) < 4.78 is 11.0. The van der Waals surface area contributed by atoms with E-state index in [-0.39, 0.29) is 0 Å². The highest BCUT2D eigenvalue weighted by Crippen LogP contribution is 2.34. The van der Waals surface area contributed by atoms with E-state index >= 15 is 0 Å². The van der Waals surface area contributed by atoms with Gasteiger partial charge in [-0.15, -0.1) is 0 Å². The minimum atomic E-state index is 0.590. The van der Waals surface area contributed by atoms with E-state index in [1.807, 2.05) is 54.6 Å². The summed E-state index contributed by atoms with van der Waals surface area (Å²) in [6.07, 6.45) is 1.75. The van der Waals surface area contributed by atoms with Crippen LogP contribution in [0.1, 0.15) is 5.56 Å².